The number of nitrogens with zero attached hydrogens (tertiary/aromatic N) is 3. The molecule has 1 aliphatic carbocycles. The topological polar surface area (TPSA) is 130 Å². The highest BCUT2D eigenvalue weighted by Gasteiger charge is 2.36. The van der Waals surface area contributed by atoms with E-state index < -0.39 is 6.10 Å². The minimum Gasteiger partial charge on any atom is -0.394 e. The van der Waals surface area contributed by atoms with Gasteiger partial charge in [0.2, 0.25) is 5.95 Å². The number of nitrogens with one attached hydrogen (secondary N) is 1. The second-order valence-corrected chi connectivity index (χ2v) is 4.54. The number of aromatic nitrogens is 4. The van der Waals surface area contributed by atoms with E-state index in [9.17, 15) is 9.90 Å². The first kappa shape index (κ1) is 11.9. The number of fused-ring (bicyclic) bond motifs is 1. The number of hydrogen-bond donors (Lipinski definition) is 4. The van der Waals surface area contributed by atoms with E-state index >= 15 is 0 Å². The van der Waals surface area contributed by atoms with Crippen LogP contribution in [0.5, 0.6) is 0 Å². The van der Waals surface area contributed by atoms with Gasteiger partial charge in [0.05, 0.1) is 12.7 Å². The molecule has 1 saturated carbocycles. The first-order valence-corrected chi connectivity index (χ1v) is 5.82. The Morgan fingerprint density at radius 2 is 2.47 bits per heavy atom. The Kier molecular flexibility index (Phi) is 2.61. The van der Waals surface area contributed by atoms with Crippen LogP contribution >= 0.6 is 0 Å². The normalized spacial score (nSPS) is 22.0. The quantitative estimate of drug-likeness (QED) is 0.557. The van der Waals surface area contributed by atoms with Gasteiger partial charge in [0.1, 0.15) is 6.33 Å². The van der Waals surface area contributed by atoms with Gasteiger partial charge in [-0.15, -0.1) is 0 Å². The number of imidazole rings is 1. The predicted molar refractivity (Wildman–Crippen MR) is 68.0 cm³/mol. The number of aliphatic hydroxyl groups excluding tert-OH is 2. The summed E-state index contributed by atoms with van der Waals surface area (Å²) in [6.45, 7) is -0.266. The Bertz CT molecular complexity index is 717. The van der Waals surface area contributed by atoms with Crippen molar-refractivity contribution in [2.75, 3.05) is 12.3 Å². The number of aromatic amines is 1. The van der Waals surface area contributed by atoms with Gasteiger partial charge in [-0.25, -0.2) is 4.98 Å². The average Bonchev–Trinajstić information content (AvgIpc) is 3.02. The van der Waals surface area contributed by atoms with E-state index in [1.807, 2.05) is 0 Å². The van der Waals surface area contributed by atoms with Crippen LogP contribution in [0.2, 0.25) is 0 Å². The molecule has 8 heteroatoms. The molecular formula is C11H13N5O3. The van der Waals surface area contributed by atoms with Gasteiger partial charge >= 0.3 is 0 Å². The third kappa shape index (κ3) is 2.00. The molecule has 3 rings (SSSR count). The van der Waals surface area contributed by atoms with Crippen molar-refractivity contribution in [3.63, 3.8) is 0 Å². The lowest BCUT2D eigenvalue weighted by Gasteiger charge is -2.01. The van der Waals surface area contributed by atoms with Crippen LogP contribution in [0.15, 0.2) is 16.7 Å². The molecule has 2 aromatic heterocycles. The van der Waals surface area contributed by atoms with Crippen molar-refractivity contribution in [1.82, 2.24) is 19.5 Å². The first-order valence-electron chi connectivity index (χ1n) is 5.82. The van der Waals surface area contributed by atoms with Gasteiger partial charge in [-0.1, -0.05) is 0 Å². The van der Waals surface area contributed by atoms with Gasteiger partial charge in [-0.05, 0) is 12.0 Å². The molecule has 5 N–H and O–H groups in total. The Labute approximate surface area is 107 Å². The molecule has 0 aliphatic heterocycles. The molecule has 0 aromatic carbocycles. The van der Waals surface area contributed by atoms with Crippen LogP contribution in [0.4, 0.5) is 5.95 Å². The molecule has 0 saturated heterocycles. The molecule has 0 unspecified atom stereocenters. The molecule has 1 fully saturated rings. The summed E-state index contributed by atoms with van der Waals surface area (Å²) in [5, 5.41) is 18.4. The molecule has 0 spiro atoms. The summed E-state index contributed by atoms with van der Waals surface area (Å²) < 4.78 is 1.60. The van der Waals surface area contributed by atoms with E-state index in [1.54, 1.807) is 10.8 Å². The molecule has 0 amide bonds. The van der Waals surface area contributed by atoms with Crippen molar-refractivity contribution < 1.29 is 10.2 Å². The summed E-state index contributed by atoms with van der Waals surface area (Å²) in [4.78, 5) is 22.0. The lowest BCUT2D eigenvalue weighted by molar-refractivity contribution is 0.0815. The highest BCUT2D eigenvalue weighted by atomic mass is 16.3. The number of nitrogen functional groups attached to an aromatic ring is 1. The Hall–Kier alpha value is -2.19. The van der Waals surface area contributed by atoms with Crippen LogP contribution < -0.4 is 11.3 Å². The van der Waals surface area contributed by atoms with Crippen LogP contribution in [0.3, 0.4) is 0 Å². The van der Waals surface area contributed by atoms with Crippen LogP contribution in [0.25, 0.3) is 17.4 Å². The van der Waals surface area contributed by atoms with Crippen molar-refractivity contribution in [2.45, 2.75) is 12.5 Å². The van der Waals surface area contributed by atoms with Crippen LogP contribution in [-0.4, -0.2) is 42.4 Å². The van der Waals surface area contributed by atoms with Crippen molar-refractivity contribution in [2.24, 2.45) is 5.92 Å². The number of rotatable bonds is 3. The fourth-order valence-corrected chi connectivity index (χ4v) is 2.07. The number of hydrogen-bond acceptors (Lipinski definition) is 6. The standard InChI is InChI=1S/C11H13N5O3/c12-11-14-9-8(10(19)15-11)13-4-16(9)2-5-1-6(5)7(18)3-17/h2,4,6-7,17-18H,1,3H2,(H3,12,14,15,19)/b5-2+/t6-,7+/m0/s1. The van der Waals surface area contributed by atoms with Crippen LogP contribution in [0, 0.1) is 5.92 Å². The van der Waals surface area contributed by atoms with Gasteiger partial charge in [0, 0.05) is 12.1 Å². The van der Waals surface area contributed by atoms with Gasteiger partial charge in [-0.2, -0.15) is 4.98 Å². The molecule has 2 aromatic rings. The maximum atomic E-state index is 11.6. The largest absolute Gasteiger partial charge is 0.394 e. The summed E-state index contributed by atoms with van der Waals surface area (Å²) in [7, 11) is 0. The monoisotopic (exact) mass is 263 g/mol. The van der Waals surface area contributed by atoms with Crippen molar-refractivity contribution >= 4 is 23.3 Å². The number of nitrogens with two attached hydrogens (primary N) is 1. The summed E-state index contributed by atoms with van der Waals surface area (Å²) in [5.74, 6) is -0.0119. The number of aliphatic hydroxyl groups is 2. The molecule has 2 heterocycles. The maximum absolute atomic E-state index is 11.6. The summed E-state index contributed by atoms with van der Waals surface area (Å²) in [6.07, 6.45) is 3.19. The van der Waals surface area contributed by atoms with Gasteiger partial charge in [0.25, 0.3) is 5.56 Å². The zero-order chi connectivity index (χ0) is 13.6. The lowest BCUT2D eigenvalue weighted by atomic mass is 10.2. The van der Waals surface area contributed by atoms with Crippen LogP contribution in [0.1, 0.15) is 6.42 Å². The number of anilines is 1. The second kappa shape index (κ2) is 4.18. The molecule has 1 aliphatic rings. The highest BCUT2D eigenvalue weighted by Crippen LogP contribution is 2.41. The third-order valence-electron chi connectivity index (χ3n) is 3.18. The Morgan fingerprint density at radius 3 is 3.21 bits per heavy atom. The maximum Gasteiger partial charge on any atom is 0.280 e. The van der Waals surface area contributed by atoms with Gasteiger partial charge < -0.3 is 15.9 Å². The molecule has 8 nitrogen and oxygen atoms in total. The average molecular weight is 263 g/mol. The molecule has 0 radical (unpaired) electrons. The van der Waals surface area contributed by atoms with Gasteiger partial charge in [-0.3, -0.25) is 14.3 Å². The lowest BCUT2D eigenvalue weighted by Crippen LogP contribution is -2.14. The molecule has 19 heavy (non-hydrogen) atoms. The summed E-state index contributed by atoms with van der Waals surface area (Å²) in [6, 6.07) is 0. The van der Waals surface area contributed by atoms with Crippen LogP contribution in [-0.2, 0) is 0 Å². The predicted octanol–water partition coefficient (Wildman–Crippen LogP) is -1.08. The SMILES string of the molecule is Nc1nc2c(ncn2/C=C2\C[C@@H]2[C@H](O)CO)c(=O)[nH]1. The Balaban J connectivity index is 2.00. The van der Waals surface area contributed by atoms with Crippen molar-refractivity contribution in [1.29, 1.82) is 0 Å². The summed E-state index contributed by atoms with van der Waals surface area (Å²) >= 11 is 0. The second-order valence-electron chi connectivity index (χ2n) is 4.54. The van der Waals surface area contributed by atoms with E-state index in [1.165, 1.54) is 6.33 Å². The first-order chi connectivity index (χ1) is 9.10. The minimum atomic E-state index is -0.748. The van der Waals surface area contributed by atoms with E-state index in [-0.39, 0.29) is 29.5 Å². The van der Waals surface area contributed by atoms with E-state index in [0.29, 0.717) is 12.1 Å². The van der Waals surface area contributed by atoms with Crippen molar-refractivity contribution in [3.05, 3.63) is 22.3 Å². The highest BCUT2D eigenvalue weighted by molar-refractivity contribution is 5.73. The summed E-state index contributed by atoms with van der Waals surface area (Å²) in [5.41, 5.74) is 6.67. The molecule has 100 valence electrons. The van der Waals surface area contributed by atoms with Gasteiger partial charge in [0.15, 0.2) is 11.2 Å². The molecule has 0 bridgehead atoms. The fourth-order valence-electron chi connectivity index (χ4n) is 2.07. The number of H-pyrrole nitrogens is 1. The zero-order valence-corrected chi connectivity index (χ0v) is 9.95. The van der Waals surface area contributed by atoms with E-state index in [0.717, 1.165) is 5.57 Å². The smallest absolute Gasteiger partial charge is 0.280 e. The third-order valence-corrected chi connectivity index (χ3v) is 3.18. The zero-order valence-electron chi connectivity index (χ0n) is 9.95. The van der Waals surface area contributed by atoms with E-state index in [4.69, 9.17) is 10.8 Å². The molecule has 2 atom stereocenters. The van der Waals surface area contributed by atoms with Crippen molar-refractivity contribution in [3.8, 4) is 0 Å². The fraction of sp³-hybridized carbons (Fsp3) is 0.364. The minimum absolute atomic E-state index is 0.0281. The van der Waals surface area contributed by atoms with E-state index in [2.05, 4.69) is 15.0 Å². The Morgan fingerprint density at radius 1 is 1.68 bits per heavy atom. The molecular weight excluding hydrogens is 250 g/mol.